The second kappa shape index (κ2) is 3.71. The predicted molar refractivity (Wildman–Crippen MR) is 57.7 cm³/mol. The highest BCUT2D eigenvalue weighted by atomic mass is 79.9. The molecule has 4 heteroatoms. The normalized spacial score (nSPS) is 16.6. The van der Waals surface area contributed by atoms with E-state index in [4.69, 9.17) is 5.11 Å². The summed E-state index contributed by atoms with van der Waals surface area (Å²) in [6.45, 7) is 1.23. The quantitative estimate of drug-likeness (QED) is 0.814. The van der Waals surface area contributed by atoms with Gasteiger partial charge in [0.25, 0.3) is 0 Å². The Morgan fingerprint density at radius 3 is 2.79 bits per heavy atom. The van der Waals surface area contributed by atoms with Crippen molar-refractivity contribution in [2.45, 2.75) is 6.10 Å². The predicted octanol–water partition coefficient (Wildman–Crippen LogP) is 1.44. The molecule has 2 rings (SSSR count). The van der Waals surface area contributed by atoms with E-state index in [1.165, 1.54) is 0 Å². The van der Waals surface area contributed by atoms with Crippen molar-refractivity contribution in [3.63, 3.8) is 0 Å². The average Bonchev–Trinajstić information content (AvgIpc) is 2.13. The fraction of sp³-hybridized carbons (Fsp3) is 0.300. The third kappa shape index (κ3) is 1.67. The maximum Gasteiger partial charge on any atom is 0.152 e. The second-order valence-corrected chi connectivity index (χ2v) is 4.30. The molecular formula is C10H10BrNO2. The van der Waals surface area contributed by atoms with E-state index < -0.39 is 0 Å². The van der Waals surface area contributed by atoms with Crippen LogP contribution in [0, 0.1) is 0 Å². The molecule has 3 nitrogen and oxygen atoms in total. The molecule has 74 valence electrons. The van der Waals surface area contributed by atoms with Crippen molar-refractivity contribution in [3.05, 3.63) is 28.2 Å². The first kappa shape index (κ1) is 9.68. The monoisotopic (exact) mass is 255 g/mol. The molecule has 0 saturated carbocycles. The van der Waals surface area contributed by atoms with Crippen molar-refractivity contribution in [2.24, 2.45) is 0 Å². The van der Waals surface area contributed by atoms with Crippen molar-refractivity contribution in [1.29, 1.82) is 0 Å². The molecule has 0 aromatic heterocycles. The van der Waals surface area contributed by atoms with Gasteiger partial charge in [-0.1, -0.05) is 15.9 Å². The molecule has 0 amide bonds. The first-order valence-electron chi connectivity index (χ1n) is 4.38. The highest BCUT2D eigenvalue weighted by molar-refractivity contribution is 9.10. The number of β-amino-alcohol motifs (C(OH)–C–C–N with tert-alkyl or cyclic N) is 1. The average molecular weight is 256 g/mol. The zero-order chi connectivity index (χ0) is 10.1. The first-order chi connectivity index (χ1) is 6.70. The Kier molecular flexibility index (Phi) is 2.56. The summed E-state index contributed by atoms with van der Waals surface area (Å²) in [7, 11) is 0. The van der Waals surface area contributed by atoms with Gasteiger partial charge in [-0.25, -0.2) is 0 Å². The van der Waals surface area contributed by atoms with Gasteiger partial charge in [-0.05, 0) is 18.2 Å². The number of benzene rings is 1. The summed E-state index contributed by atoms with van der Waals surface area (Å²) in [6, 6.07) is 5.57. The Bertz CT molecular complexity index is 361. The van der Waals surface area contributed by atoms with E-state index in [-0.39, 0.29) is 6.10 Å². The van der Waals surface area contributed by atoms with E-state index in [0.29, 0.717) is 18.7 Å². The summed E-state index contributed by atoms with van der Waals surface area (Å²) in [5.41, 5.74) is 1.56. The molecule has 0 radical (unpaired) electrons. The standard InChI is InChI=1S/C10H10BrNO2/c11-8-1-2-10(7(3-8)6-13)12-4-9(14)5-12/h1-3,6,9,14H,4-5H2. The van der Waals surface area contributed by atoms with Crippen molar-refractivity contribution >= 4 is 27.9 Å². The maximum atomic E-state index is 10.8. The van der Waals surface area contributed by atoms with E-state index in [0.717, 1.165) is 16.4 Å². The van der Waals surface area contributed by atoms with Crippen LogP contribution in [0.3, 0.4) is 0 Å². The Morgan fingerprint density at radius 2 is 2.21 bits per heavy atom. The lowest BCUT2D eigenvalue weighted by Gasteiger charge is -2.38. The van der Waals surface area contributed by atoms with Crippen LogP contribution in [0.5, 0.6) is 0 Å². The van der Waals surface area contributed by atoms with E-state index in [1.54, 1.807) is 6.07 Å². The lowest BCUT2D eigenvalue weighted by Crippen LogP contribution is -2.51. The molecule has 0 spiro atoms. The summed E-state index contributed by atoms with van der Waals surface area (Å²) < 4.78 is 0.893. The maximum absolute atomic E-state index is 10.8. The highest BCUT2D eigenvalue weighted by Gasteiger charge is 2.25. The summed E-state index contributed by atoms with van der Waals surface area (Å²) >= 11 is 3.31. The smallest absolute Gasteiger partial charge is 0.152 e. The van der Waals surface area contributed by atoms with Crippen LogP contribution < -0.4 is 4.90 Å². The van der Waals surface area contributed by atoms with Crippen LogP contribution in [0.2, 0.25) is 0 Å². The Hall–Kier alpha value is -0.870. The summed E-state index contributed by atoms with van der Waals surface area (Å²) in [5.74, 6) is 0. The number of aliphatic hydroxyl groups excluding tert-OH is 1. The fourth-order valence-corrected chi connectivity index (χ4v) is 1.94. The van der Waals surface area contributed by atoms with Gasteiger partial charge in [0, 0.05) is 28.8 Å². The molecule has 1 aliphatic rings. The number of nitrogens with zero attached hydrogens (tertiary/aromatic N) is 1. The zero-order valence-electron chi connectivity index (χ0n) is 7.48. The minimum Gasteiger partial charge on any atom is -0.389 e. The zero-order valence-corrected chi connectivity index (χ0v) is 9.07. The number of hydrogen-bond acceptors (Lipinski definition) is 3. The van der Waals surface area contributed by atoms with Crippen LogP contribution in [-0.4, -0.2) is 30.6 Å². The molecule has 0 unspecified atom stereocenters. The SMILES string of the molecule is O=Cc1cc(Br)ccc1N1CC(O)C1. The largest absolute Gasteiger partial charge is 0.389 e. The number of carbonyl (C=O) groups excluding carboxylic acids is 1. The Balaban J connectivity index is 2.28. The molecule has 1 aliphatic heterocycles. The molecule has 1 aromatic rings. The van der Waals surface area contributed by atoms with Gasteiger partial charge in [-0.3, -0.25) is 4.79 Å². The summed E-state index contributed by atoms with van der Waals surface area (Å²) in [4.78, 5) is 12.8. The minimum absolute atomic E-state index is 0.252. The number of halogens is 1. The van der Waals surface area contributed by atoms with Crippen molar-refractivity contribution < 1.29 is 9.90 Å². The third-order valence-electron chi connectivity index (χ3n) is 2.32. The number of aliphatic hydroxyl groups is 1. The second-order valence-electron chi connectivity index (χ2n) is 3.38. The number of anilines is 1. The van der Waals surface area contributed by atoms with Crippen LogP contribution >= 0.6 is 15.9 Å². The van der Waals surface area contributed by atoms with Crippen LogP contribution in [0.25, 0.3) is 0 Å². The molecule has 14 heavy (non-hydrogen) atoms. The fourth-order valence-electron chi connectivity index (χ4n) is 1.56. The molecule has 1 aromatic carbocycles. The molecule has 0 atom stereocenters. The molecule has 1 heterocycles. The van der Waals surface area contributed by atoms with Gasteiger partial charge in [0.05, 0.1) is 6.10 Å². The van der Waals surface area contributed by atoms with E-state index >= 15 is 0 Å². The molecule has 1 N–H and O–H groups in total. The lowest BCUT2D eigenvalue weighted by atomic mass is 10.1. The Morgan fingerprint density at radius 1 is 1.50 bits per heavy atom. The van der Waals surface area contributed by atoms with Crippen LogP contribution in [0.4, 0.5) is 5.69 Å². The van der Waals surface area contributed by atoms with Gasteiger partial charge >= 0.3 is 0 Å². The molecule has 1 saturated heterocycles. The van der Waals surface area contributed by atoms with Crippen molar-refractivity contribution in [1.82, 2.24) is 0 Å². The third-order valence-corrected chi connectivity index (χ3v) is 2.81. The van der Waals surface area contributed by atoms with E-state index in [9.17, 15) is 4.79 Å². The van der Waals surface area contributed by atoms with Crippen LogP contribution in [0.15, 0.2) is 22.7 Å². The van der Waals surface area contributed by atoms with Gasteiger partial charge in [-0.2, -0.15) is 0 Å². The van der Waals surface area contributed by atoms with E-state index in [1.807, 2.05) is 17.0 Å². The highest BCUT2D eigenvalue weighted by Crippen LogP contribution is 2.26. The van der Waals surface area contributed by atoms with Gasteiger partial charge < -0.3 is 10.0 Å². The van der Waals surface area contributed by atoms with Crippen LogP contribution in [0.1, 0.15) is 10.4 Å². The molecule has 0 bridgehead atoms. The van der Waals surface area contributed by atoms with Gasteiger partial charge in [0.15, 0.2) is 6.29 Å². The van der Waals surface area contributed by atoms with E-state index in [2.05, 4.69) is 15.9 Å². The topological polar surface area (TPSA) is 40.5 Å². The van der Waals surface area contributed by atoms with Crippen LogP contribution in [-0.2, 0) is 0 Å². The Labute approximate surface area is 90.5 Å². The summed E-state index contributed by atoms with van der Waals surface area (Å²) in [6.07, 6.45) is 0.586. The number of aldehydes is 1. The number of rotatable bonds is 2. The molecule has 0 aliphatic carbocycles. The molecular weight excluding hydrogens is 246 g/mol. The van der Waals surface area contributed by atoms with Gasteiger partial charge in [-0.15, -0.1) is 0 Å². The van der Waals surface area contributed by atoms with Crippen molar-refractivity contribution in [3.8, 4) is 0 Å². The number of carbonyl (C=O) groups is 1. The number of hydrogen-bond donors (Lipinski definition) is 1. The minimum atomic E-state index is -0.252. The summed E-state index contributed by atoms with van der Waals surface area (Å²) in [5, 5.41) is 9.16. The van der Waals surface area contributed by atoms with Gasteiger partial charge in [0.1, 0.15) is 0 Å². The molecule has 1 fully saturated rings. The van der Waals surface area contributed by atoms with Crippen molar-refractivity contribution in [2.75, 3.05) is 18.0 Å². The lowest BCUT2D eigenvalue weighted by molar-refractivity contribution is 0.112. The van der Waals surface area contributed by atoms with Gasteiger partial charge in [0.2, 0.25) is 0 Å². The first-order valence-corrected chi connectivity index (χ1v) is 5.18.